The average Bonchev–Trinajstić information content (AvgIpc) is 2.66. The molecule has 3 rings (SSSR count). The molecule has 0 aliphatic heterocycles. The maximum Gasteiger partial charge on any atom is 0.160 e. The molecule has 124 valence electrons. The lowest BCUT2D eigenvalue weighted by Gasteiger charge is -2.10. The summed E-state index contributed by atoms with van der Waals surface area (Å²) in [4.78, 5) is 9.61. The number of allylic oxidation sites excluding steroid dienone is 4. The highest BCUT2D eigenvalue weighted by Crippen LogP contribution is 2.27. The molecule has 0 aliphatic rings. The third-order valence-electron chi connectivity index (χ3n) is 3.83. The van der Waals surface area contributed by atoms with Crippen molar-refractivity contribution in [3.63, 3.8) is 0 Å². The summed E-state index contributed by atoms with van der Waals surface area (Å²) in [5, 5.41) is 0. The van der Waals surface area contributed by atoms with Gasteiger partial charge in [-0.15, -0.1) is 0 Å². The molecule has 0 atom stereocenters. The zero-order valence-corrected chi connectivity index (χ0v) is 15.9. The average molecular weight is 391 g/mol. The molecule has 25 heavy (non-hydrogen) atoms. The van der Waals surface area contributed by atoms with Gasteiger partial charge in [-0.2, -0.15) is 0 Å². The minimum absolute atomic E-state index is 0.733. The second-order valence-electron chi connectivity index (χ2n) is 5.58. The van der Waals surface area contributed by atoms with Gasteiger partial charge in [0.15, 0.2) is 5.82 Å². The van der Waals surface area contributed by atoms with E-state index in [0.29, 0.717) is 0 Å². The van der Waals surface area contributed by atoms with E-state index in [1.54, 1.807) is 0 Å². The van der Waals surface area contributed by atoms with Crippen molar-refractivity contribution in [1.29, 1.82) is 0 Å². The maximum absolute atomic E-state index is 4.81. The van der Waals surface area contributed by atoms with Crippen LogP contribution in [-0.4, -0.2) is 9.97 Å². The van der Waals surface area contributed by atoms with Crippen molar-refractivity contribution in [3.05, 3.63) is 89.1 Å². The molecule has 0 aliphatic carbocycles. The Kier molecular flexibility index (Phi) is 5.56. The molecule has 0 saturated carbocycles. The van der Waals surface area contributed by atoms with Gasteiger partial charge in [-0.3, -0.25) is 0 Å². The first-order chi connectivity index (χ1) is 12.2. The second-order valence-corrected chi connectivity index (χ2v) is 6.50. The Morgan fingerprint density at radius 1 is 0.880 bits per heavy atom. The predicted octanol–water partition coefficient (Wildman–Crippen LogP) is 6.55. The largest absolute Gasteiger partial charge is 0.228 e. The Hall–Kier alpha value is -2.52. The molecule has 2 aromatic carbocycles. The van der Waals surface area contributed by atoms with E-state index in [1.165, 1.54) is 0 Å². The summed E-state index contributed by atoms with van der Waals surface area (Å²) in [7, 11) is 0. The van der Waals surface area contributed by atoms with E-state index in [9.17, 15) is 0 Å². The van der Waals surface area contributed by atoms with Crippen molar-refractivity contribution in [3.8, 4) is 22.6 Å². The Labute approximate surface area is 157 Å². The number of nitrogens with zero attached hydrogens (tertiary/aromatic N) is 2. The van der Waals surface area contributed by atoms with Gasteiger partial charge in [0, 0.05) is 15.6 Å². The van der Waals surface area contributed by atoms with Gasteiger partial charge in [-0.25, -0.2) is 9.97 Å². The van der Waals surface area contributed by atoms with E-state index in [0.717, 1.165) is 38.4 Å². The van der Waals surface area contributed by atoms with Crippen molar-refractivity contribution in [2.75, 3.05) is 0 Å². The van der Waals surface area contributed by atoms with Crippen LogP contribution in [0.2, 0.25) is 0 Å². The van der Waals surface area contributed by atoms with E-state index in [2.05, 4.69) is 40.2 Å². The lowest BCUT2D eigenvalue weighted by Crippen LogP contribution is -1.97. The first kappa shape index (κ1) is 17.3. The summed E-state index contributed by atoms with van der Waals surface area (Å²) in [6, 6.07) is 20.3. The monoisotopic (exact) mass is 390 g/mol. The van der Waals surface area contributed by atoms with Crippen LogP contribution >= 0.6 is 15.9 Å². The molecular formula is C22H19BrN2. The third kappa shape index (κ3) is 4.12. The summed E-state index contributed by atoms with van der Waals surface area (Å²) in [5.41, 5.74) is 4.99. The minimum atomic E-state index is 0.733. The number of hydrogen-bond acceptors (Lipinski definition) is 2. The van der Waals surface area contributed by atoms with Gasteiger partial charge in [0.05, 0.1) is 11.4 Å². The van der Waals surface area contributed by atoms with Gasteiger partial charge in [-0.1, -0.05) is 76.6 Å². The molecule has 0 radical (unpaired) electrons. The van der Waals surface area contributed by atoms with Crippen molar-refractivity contribution >= 4 is 21.5 Å². The van der Waals surface area contributed by atoms with Crippen LogP contribution in [0.25, 0.3) is 28.2 Å². The minimum Gasteiger partial charge on any atom is -0.228 e. The fourth-order valence-electron chi connectivity index (χ4n) is 2.62. The van der Waals surface area contributed by atoms with Crippen molar-refractivity contribution in [1.82, 2.24) is 9.97 Å². The summed E-state index contributed by atoms with van der Waals surface area (Å²) in [5.74, 6) is 0.733. The zero-order valence-electron chi connectivity index (χ0n) is 14.3. The van der Waals surface area contributed by atoms with Crippen molar-refractivity contribution in [2.24, 2.45) is 0 Å². The second kappa shape index (κ2) is 8.04. The maximum atomic E-state index is 4.81. The van der Waals surface area contributed by atoms with Gasteiger partial charge >= 0.3 is 0 Å². The summed E-state index contributed by atoms with van der Waals surface area (Å²) >= 11 is 3.54. The molecule has 2 nitrogen and oxygen atoms in total. The van der Waals surface area contributed by atoms with E-state index in [-0.39, 0.29) is 0 Å². The Morgan fingerprint density at radius 2 is 1.64 bits per heavy atom. The van der Waals surface area contributed by atoms with Gasteiger partial charge < -0.3 is 0 Å². The van der Waals surface area contributed by atoms with E-state index in [4.69, 9.17) is 9.97 Å². The van der Waals surface area contributed by atoms with Gasteiger partial charge in [0.25, 0.3) is 0 Å². The van der Waals surface area contributed by atoms with Crippen LogP contribution in [0.15, 0.2) is 83.4 Å². The van der Waals surface area contributed by atoms with Gasteiger partial charge in [-0.05, 0) is 37.6 Å². The number of benzene rings is 2. The zero-order chi connectivity index (χ0) is 17.6. The number of aromatic nitrogens is 2. The van der Waals surface area contributed by atoms with Crippen LogP contribution in [0.3, 0.4) is 0 Å². The molecule has 0 spiro atoms. The fourth-order valence-corrected chi connectivity index (χ4v) is 3.02. The van der Waals surface area contributed by atoms with Gasteiger partial charge in [0.2, 0.25) is 0 Å². The van der Waals surface area contributed by atoms with Crippen LogP contribution in [0.4, 0.5) is 0 Å². The van der Waals surface area contributed by atoms with Crippen LogP contribution in [0.5, 0.6) is 0 Å². The Balaban J connectivity index is 2.21. The SMILES string of the molecule is C/C=C\C(=C/C)c1cc(-c2cccc(Br)c2)nc(-c2ccccc2)n1. The van der Waals surface area contributed by atoms with Crippen LogP contribution < -0.4 is 0 Å². The first-order valence-electron chi connectivity index (χ1n) is 8.21. The Bertz CT molecular complexity index is 928. The van der Waals surface area contributed by atoms with E-state index >= 15 is 0 Å². The molecule has 3 aromatic rings. The van der Waals surface area contributed by atoms with Crippen LogP contribution in [-0.2, 0) is 0 Å². The molecule has 1 aromatic heterocycles. The molecule has 0 saturated heterocycles. The highest BCUT2D eigenvalue weighted by Gasteiger charge is 2.10. The van der Waals surface area contributed by atoms with E-state index < -0.39 is 0 Å². The van der Waals surface area contributed by atoms with Crippen LogP contribution in [0.1, 0.15) is 19.5 Å². The topological polar surface area (TPSA) is 25.8 Å². The summed E-state index contributed by atoms with van der Waals surface area (Å²) in [6.45, 7) is 4.04. The molecule has 1 heterocycles. The van der Waals surface area contributed by atoms with Crippen molar-refractivity contribution in [2.45, 2.75) is 13.8 Å². The van der Waals surface area contributed by atoms with E-state index in [1.807, 2.05) is 68.5 Å². The molecule has 0 N–H and O–H groups in total. The summed E-state index contributed by atoms with van der Waals surface area (Å²) in [6.07, 6.45) is 6.17. The molecule has 3 heteroatoms. The number of rotatable bonds is 4. The normalized spacial score (nSPS) is 11.9. The smallest absolute Gasteiger partial charge is 0.160 e. The standard InChI is InChI=1S/C22H19BrN2/c1-3-9-16(4-2)20-15-21(18-12-8-13-19(23)14-18)25-22(24-20)17-10-6-5-7-11-17/h3-15H,1-2H3/b9-3-,16-4+. The predicted molar refractivity (Wildman–Crippen MR) is 109 cm³/mol. The molecular weight excluding hydrogens is 372 g/mol. The summed E-state index contributed by atoms with van der Waals surface area (Å²) < 4.78 is 1.03. The third-order valence-corrected chi connectivity index (χ3v) is 4.32. The Morgan fingerprint density at radius 3 is 2.32 bits per heavy atom. The molecule has 0 unspecified atom stereocenters. The lowest BCUT2D eigenvalue weighted by molar-refractivity contribution is 1.16. The fraction of sp³-hybridized carbons (Fsp3) is 0.0909. The highest BCUT2D eigenvalue weighted by molar-refractivity contribution is 9.10. The van der Waals surface area contributed by atoms with Gasteiger partial charge in [0.1, 0.15) is 0 Å². The quantitative estimate of drug-likeness (QED) is 0.471. The molecule has 0 amide bonds. The number of halogens is 1. The first-order valence-corrected chi connectivity index (χ1v) is 9.00. The highest BCUT2D eigenvalue weighted by atomic mass is 79.9. The van der Waals surface area contributed by atoms with Crippen molar-refractivity contribution < 1.29 is 0 Å². The lowest BCUT2D eigenvalue weighted by atomic mass is 10.1. The van der Waals surface area contributed by atoms with Crippen LogP contribution in [0, 0.1) is 0 Å². The number of hydrogen-bond donors (Lipinski definition) is 0. The molecule has 0 fully saturated rings. The molecule has 0 bridgehead atoms.